The van der Waals surface area contributed by atoms with Crippen LogP contribution in [0, 0.1) is 11.8 Å². The van der Waals surface area contributed by atoms with Gasteiger partial charge in [0.2, 0.25) is 11.8 Å². The van der Waals surface area contributed by atoms with Crippen molar-refractivity contribution < 1.29 is 28.3 Å². The van der Waals surface area contributed by atoms with Crippen LogP contribution in [-0.2, 0) is 14.3 Å². The van der Waals surface area contributed by atoms with E-state index in [1.807, 2.05) is 0 Å². The highest BCUT2D eigenvalue weighted by atomic mass is 16.5. The Labute approximate surface area is 171 Å². The van der Waals surface area contributed by atoms with Gasteiger partial charge in [0, 0.05) is 0 Å². The van der Waals surface area contributed by atoms with Crippen LogP contribution < -0.4 is 0 Å². The second-order valence-corrected chi connectivity index (χ2v) is 9.20. The molecule has 2 aromatic rings. The van der Waals surface area contributed by atoms with Crippen LogP contribution in [0.4, 0.5) is 0 Å². The molecule has 30 heavy (non-hydrogen) atoms. The van der Waals surface area contributed by atoms with Gasteiger partial charge in [-0.15, -0.1) is 0 Å². The summed E-state index contributed by atoms with van der Waals surface area (Å²) in [5.41, 5.74) is 1.49. The fraction of sp³-hybridized carbons (Fsp3) is 0.545. The third kappa shape index (κ3) is 1.82. The first kappa shape index (κ1) is 17.0. The molecule has 0 N–H and O–H groups in total. The number of rotatable bonds is 2. The molecule has 154 valence electrons. The van der Waals surface area contributed by atoms with E-state index < -0.39 is 23.9 Å². The lowest BCUT2D eigenvalue weighted by molar-refractivity contribution is -0.147. The number of imide groups is 2. The largest absolute Gasteiger partial charge is 0.456 e. The quantitative estimate of drug-likeness (QED) is 0.705. The van der Waals surface area contributed by atoms with Crippen LogP contribution in [0.15, 0.2) is 16.5 Å². The van der Waals surface area contributed by atoms with Crippen molar-refractivity contribution in [3.05, 3.63) is 23.3 Å². The van der Waals surface area contributed by atoms with E-state index in [0.717, 1.165) is 25.7 Å². The molecule has 4 bridgehead atoms. The van der Waals surface area contributed by atoms with E-state index in [-0.39, 0.29) is 35.8 Å². The number of carbonyl (C=O) groups excluding carboxylic acids is 4. The van der Waals surface area contributed by atoms with Gasteiger partial charge in [-0.2, -0.15) is 0 Å². The summed E-state index contributed by atoms with van der Waals surface area (Å²) in [6.07, 6.45) is 4.21. The van der Waals surface area contributed by atoms with Crippen LogP contribution in [0.1, 0.15) is 59.2 Å². The Hall–Kier alpha value is -2.74. The minimum atomic E-state index is -0.491. The lowest BCUT2D eigenvalue weighted by atomic mass is 9.81. The summed E-state index contributed by atoms with van der Waals surface area (Å²) in [5.74, 6) is -1.89. The first-order valence-electron chi connectivity index (χ1n) is 10.8. The second kappa shape index (κ2) is 5.49. The van der Waals surface area contributed by atoms with E-state index in [0.29, 0.717) is 35.1 Å². The Morgan fingerprint density at radius 3 is 1.73 bits per heavy atom. The molecule has 0 radical (unpaired) electrons. The first-order valence-corrected chi connectivity index (χ1v) is 10.8. The van der Waals surface area contributed by atoms with Gasteiger partial charge in [-0.3, -0.25) is 29.0 Å². The highest BCUT2D eigenvalue weighted by molar-refractivity contribution is 6.28. The fourth-order valence-corrected chi connectivity index (χ4v) is 6.67. The molecule has 4 amide bonds. The van der Waals surface area contributed by atoms with E-state index in [9.17, 15) is 19.2 Å². The molecule has 5 aliphatic rings. The Morgan fingerprint density at radius 2 is 1.20 bits per heavy atom. The van der Waals surface area contributed by atoms with Crippen molar-refractivity contribution in [1.29, 1.82) is 0 Å². The van der Waals surface area contributed by atoms with Gasteiger partial charge in [0.25, 0.3) is 11.8 Å². The zero-order valence-electron chi connectivity index (χ0n) is 16.2. The van der Waals surface area contributed by atoms with Gasteiger partial charge in [-0.25, -0.2) is 0 Å². The van der Waals surface area contributed by atoms with Gasteiger partial charge < -0.3 is 9.15 Å². The third-order valence-electron chi connectivity index (χ3n) is 7.89. The zero-order valence-corrected chi connectivity index (χ0v) is 16.2. The maximum absolute atomic E-state index is 13.3. The molecule has 8 nitrogen and oxygen atoms in total. The Morgan fingerprint density at radius 1 is 0.700 bits per heavy atom. The minimum absolute atomic E-state index is 0.171. The fourth-order valence-electron chi connectivity index (χ4n) is 6.67. The summed E-state index contributed by atoms with van der Waals surface area (Å²) in [4.78, 5) is 55.7. The van der Waals surface area contributed by atoms with Crippen LogP contribution in [0.5, 0.6) is 0 Å². The van der Waals surface area contributed by atoms with Gasteiger partial charge in [0.05, 0.1) is 47.3 Å². The molecule has 4 aliphatic heterocycles. The molecule has 0 spiro atoms. The maximum Gasteiger partial charge on any atom is 0.265 e. The molecule has 6 atom stereocenters. The highest BCUT2D eigenvalue weighted by Gasteiger charge is 2.64. The number of ether oxygens (including phenoxy) is 1. The van der Waals surface area contributed by atoms with Crippen molar-refractivity contribution in [3.8, 4) is 0 Å². The number of furan rings is 2. The van der Waals surface area contributed by atoms with Crippen molar-refractivity contribution in [3.63, 3.8) is 0 Å². The van der Waals surface area contributed by atoms with Crippen molar-refractivity contribution in [2.24, 2.45) is 11.8 Å². The van der Waals surface area contributed by atoms with Gasteiger partial charge in [0.15, 0.2) is 0 Å². The highest BCUT2D eigenvalue weighted by Crippen LogP contribution is 2.50. The lowest BCUT2D eigenvalue weighted by Gasteiger charge is -2.41. The van der Waals surface area contributed by atoms with Crippen molar-refractivity contribution >= 4 is 34.8 Å². The van der Waals surface area contributed by atoms with Crippen LogP contribution in [-0.4, -0.2) is 57.7 Å². The predicted octanol–water partition coefficient (Wildman–Crippen LogP) is 1.94. The number of carbonyl (C=O) groups is 4. The molecule has 2 aromatic heterocycles. The summed E-state index contributed by atoms with van der Waals surface area (Å²) in [7, 11) is 0. The zero-order chi connectivity index (χ0) is 20.3. The number of likely N-dealkylation sites (tertiary alicyclic amines) is 1. The van der Waals surface area contributed by atoms with Crippen molar-refractivity contribution in [2.75, 3.05) is 0 Å². The topological polar surface area (TPSA) is 97.1 Å². The normalized spacial score (nSPS) is 37.9. The smallest absolute Gasteiger partial charge is 0.265 e. The SMILES string of the molecule is O=C1c2c(c3ccc2o3)C(=O)N1C1CCCCC1N1C(=O)C2C3CCC(O3)C2C1=O. The molecular formula is C22H20N2O6. The average Bonchev–Trinajstić information content (AvgIpc) is 3.56. The summed E-state index contributed by atoms with van der Waals surface area (Å²) in [6.45, 7) is 0. The maximum atomic E-state index is 13.3. The summed E-state index contributed by atoms with van der Waals surface area (Å²) in [6, 6.07) is 2.45. The summed E-state index contributed by atoms with van der Waals surface area (Å²) >= 11 is 0. The Bertz CT molecular complexity index is 1060. The van der Waals surface area contributed by atoms with E-state index in [1.165, 1.54) is 9.80 Å². The molecule has 1 saturated carbocycles. The van der Waals surface area contributed by atoms with Crippen LogP contribution in [0.25, 0.3) is 11.2 Å². The van der Waals surface area contributed by atoms with E-state index in [4.69, 9.17) is 9.15 Å². The van der Waals surface area contributed by atoms with Gasteiger partial charge in [-0.05, 0) is 37.8 Å². The third-order valence-corrected chi connectivity index (χ3v) is 7.89. The van der Waals surface area contributed by atoms with Gasteiger partial charge >= 0.3 is 0 Å². The number of fused-ring (bicyclic) bond motifs is 10. The second-order valence-electron chi connectivity index (χ2n) is 9.20. The van der Waals surface area contributed by atoms with Crippen LogP contribution in [0.3, 0.4) is 0 Å². The minimum Gasteiger partial charge on any atom is -0.456 e. The Balaban J connectivity index is 1.26. The van der Waals surface area contributed by atoms with Crippen LogP contribution in [0.2, 0.25) is 0 Å². The molecule has 0 aromatic carbocycles. The van der Waals surface area contributed by atoms with Crippen molar-refractivity contribution in [1.82, 2.24) is 9.80 Å². The first-order chi connectivity index (χ1) is 14.6. The van der Waals surface area contributed by atoms with Crippen LogP contribution >= 0.6 is 0 Å². The van der Waals surface area contributed by atoms with Gasteiger partial charge in [-0.1, -0.05) is 12.8 Å². The molecule has 1 aliphatic carbocycles. The summed E-state index contributed by atoms with van der Waals surface area (Å²) in [5, 5.41) is 0. The Kier molecular flexibility index (Phi) is 3.11. The van der Waals surface area contributed by atoms with Crippen molar-refractivity contribution in [2.45, 2.75) is 62.8 Å². The molecule has 6 unspecified atom stereocenters. The lowest BCUT2D eigenvalue weighted by Crippen LogP contribution is -2.57. The molecule has 7 rings (SSSR count). The summed E-state index contributed by atoms with van der Waals surface area (Å²) < 4.78 is 11.3. The van der Waals surface area contributed by atoms with Gasteiger partial charge in [0.1, 0.15) is 11.2 Å². The molecule has 6 heterocycles. The number of hydrogen-bond donors (Lipinski definition) is 0. The monoisotopic (exact) mass is 408 g/mol. The standard InChI is InChI=1S/C22H20N2O6/c25-19-15-11-5-6-12(29-11)16(15)20(26)23(19)9-3-1-2-4-10(9)24-21(27)17-13-7-8-14(30-13)18(17)22(24)28/h5-6,9-10,13-14,17-18H,1-4,7-8H2. The average molecular weight is 408 g/mol. The van der Waals surface area contributed by atoms with E-state index in [2.05, 4.69) is 0 Å². The number of hydrogen-bond acceptors (Lipinski definition) is 6. The molecule has 4 fully saturated rings. The van der Waals surface area contributed by atoms with E-state index in [1.54, 1.807) is 12.1 Å². The number of amides is 4. The number of nitrogens with zero attached hydrogens (tertiary/aromatic N) is 2. The predicted molar refractivity (Wildman–Crippen MR) is 101 cm³/mol. The molecule has 8 heteroatoms. The van der Waals surface area contributed by atoms with E-state index >= 15 is 0 Å². The molecule has 3 saturated heterocycles. The molecular weight excluding hydrogens is 388 g/mol. The number of benzene rings is 1.